The van der Waals surface area contributed by atoms with Gasteiger partial charge in [-0.1, -0.05) is 36.4 Å². The third-order valence-electron chi connectivity index (χ3n) is 5.09. The minimum absolute atomic E-state index is 0.0471. The van der Waals surface area contributed by atoms with Gasteiger partial charge in [-0.2, -0.15) is 0 Å². The van der Waals surface area contributed by atoms with E-state index in [0.717, 1.165) is 0 Å². The smallest absolute Gasteiger partial charge is 0.408 e. The molecule has 2 aromatic carbocycles. The molecule has 1 aliphatic carbocycles. The Morgan fingerprint density at radius 2 is 1.47 bits per heavy atom. The zero-order valence-electron chi connectivity index (χ0n) is 20.3. The van der Waals surface area contributed by atoms with Gasteiger partial charge in [-0.05, 0) is 47.6 Å². The first-order valence-electron chi connectivity index (χ1n) is 11.0. The van der Waals surface area contributed by atoms with E-state index in [2.05, 4.69) is 10.6 Å². The van der Waals surface area contributed by atoms with Gasteiger partial charge < -0.3 is 20.1 Å². The van der Waals surface area contributed by atoms with Crippen molar-refractivity contribution in [2.45, 2.75) is 58.7 Å². The van der Waals surface area contributed by atoms with Crippen LogP contribution in [-0.2, 0) is 14.3 Å². The van der Waals surface area contributed by atoms with Crippen LogP contribution in [0.5, 0.6) is 0 Å². The molecule has 2 N–H and O–H groups in total. The highest BCUT2D eigenvalue weighted by Crippen LogP contribution is 2.33. The van der Waals surface area contributed by atoms with E-state index >= 15 is 0 Å². The van der Waals surface area contributed by atoms with E-state index < -0.39 is 29.2 Å². The van der Waals surface area contributed by atoms with Crippen LogP contribution >= 0.6 is 0 Å². The lowest BCUT2D eigenvalue weighted by Gasteiger charge is -2.30. The van der Waals surface area contributed by atoms with Gasteiger partial charge in [0.1, 0.15) is 18.2 Å². The van der Waals surface area contributed by atoms with Crippen molar-refractivity contribution in [1.29, 1.82) is 0 Å². The van der Waals surface area contributed by atoms with Crippen molar-refractivity contribution in [2.75, 3.05) is 11.9 Å². The van der Waals surface area contributed by atoms with Crippen LogP contribution in [0.25, 0.3) is 0 Å². The number of hydrogen-bond donors (Lipinski definition) is 2. The predicted molar refractivity (Wildman–Crippen MR) is 127 cm³/mol. The Morgan fingerprint density at radius 1 is 0.882 bits per heavy atom. The van der Waals surface area contributed by atoms with Crippen LogP contribution in [-0.4, -0.2) is 47.4 Å². The molecule has 34 heavy (non-hydrogen) atoms. The van der Waals surface area contributed by atoms with Crippen molar-refractivity contribution in [3.05, 3.63) is 64.7 Å². The topological polar surface area (TPSA) is 111 Å². The fourth-order valence-corrected chi connectivity index (χ4v) is 3.57. The summed E-state index contributed by atoms with van der Waals surface area (Å²) in [5.41, 5.74) is 0.385. The number of alkyl carbamates (subject to hydrolysis) is 1. The van der Waals surface area contributed by atoms with Crippen LogP contribution in [0, 0.1) is 0 Å². The van der Waals surface area contributed by atoms with Gasteiger partial charge >= 0.3 is 12.1 Å². The minimum atomic E-state index is -0.911. The monoisotopic (exact) mass is 466 g/mol. The van der Waals surface area contributed by atoms with E-state index in [9.17, 15) is 19.2 Å². The fourth-order valence-electron chi connectivity index (χ4n) is 3.57. The van der Waals surface area contributed by atoms with E-state index in [1.54, 1.807) is 77.1 Å². The molecule has 1 atom stereocenters. The Kier molecular flexibility index (Phi) is 6.82. The lowest BCUT2D eigenvalue weighted by molar-refractivity contribution is -0.146. The molecule has 0 heterocycles. The summed E-state index contributed by atoms with van der Waals surface area (Å²) in [7, 11) is 0. The van der Waals surface area contributed by atoms with Gasteiger partial charge in [0.05, 0.1) is 11.1 Å². The molecule has 8 heteroatoms. The van der Waals surface area contributed by atoms with Gasteiger partial charge in [-0.15, -0.1) is 0 Å². The van der Waals surface area contributed by atoms with E-state index in [-0.39, 0.29) is 18.2 Å². The van der Waals surface area contributed by atoms with Crippen LogP contribution in [0.2, 0.25) is 0 Å². The van der Waals surface area contributed by atoms with Gasteiger partial charge in [0.2, 0.25) is 0 Å². The molecule has 8 nitrogen and oxygen atoms in total. The number of nitrogens with one attached hydrogen (secondary N) is 2. The normalized spacial score (nSPS) is 13.9. The number of ketones is 2. The maximum absolute atomic E-state index is 13.2. The molecule has 0 spiro atoms. The molecule has 0 aromatic heterocycles. The predicted octanol–water partition coefficient (Wildman–Crippen LogP) is 4.11. The fraction of sp³-hybridized carbons (Fsp3) is 0.385. The highest BCUT2D eigenvalue weighted by Gasteiger charge is 2.33. The van der Waals surface area contributed by atoms with Gasteiger partial charge in [-0.25, -0.2) is 9.59 Å². The number of rotatable bonds is 6. The Hall–Kier alpha value is -3.68. The van der Waals surface area contributed by atoms with E-state index in [1.807, 2.05) is 0 Å². The first kappa shape index (κ1) is 25.0. The minimum Gasteiger partial charge on any atom is -0.462 e. The van der Waals surface area contributed by atoms with Crippen molar-refractivity contribution in [2.24, 2.45) is 0 Å². The first-order valence-corrected chi connectivity index (χ1v) is 11.0. The Balaban J connectivity index is 1.69. The molecule has 0 saturated carbocycles. The molecule has 2 aromatic rings. The van der Waals surface area contributed by atoms with Crippen molar-refractivity contribution < 1.29 is 28.7 Å². The second-order valence-corrected chi connectivity index (χ2v) is 9.92. The zero-order valence-corrected chi connectivity index (χ0v) is 20.3. The summed E-state index contributed by atoms with van der Waals surface area (Å²) in [6.07, 6.45) is -0.714. The van der Waals surface area contributed by atoms with Crippen LogP contribution in [0.15, 0.2) is 42.5 Å². The van der Waals surface area contributed by atoms with Crippen LogP contribution < -0.4 is 10.6 Å². The largest absolute Gasteiger partial charge is 0.462 e. The highest BCUT2D eigenvalue weighted by atomic mass is 16.6. The number of hydrogen-bond acceptors (Lipinski definition) is 7. The number of carbonyl (C=O) groups excluding carboxylic acids is 4. The number of ether oxygens (including phenoxy) is 2. The Morgan fingerprint density at radius 3 is 2.09 bits per heavy atom. The first-order chi connectivity index (χ1) is 15.8. The van der Waals surface area contributed by atoms with Gasteiger partial charge in [0.15, 0.2) is 11.6 Å². The van der Waals surface area contributed by atoms with E-state index in [1.165, 1.54) is 6.92 Å². The number of anilines is 1. The SMILES string of the molecule is C[C@H](NC(=O)OC(C)(C)C)C(=O)OCC(C)(C)Nc1cccc2c1C(=O)c1ccccc1C2=O. The van der Waals surface area contributed by atoms with Crippen LogP contribution in [0.1, 0.15) is 73.4 Å². The molecule has 0 bridgehead atoms. The number of amides is 1. The maximum atomic E-state index is 13.2. The van der Waals surface area contributed by atoms with Crippen molar-refractivity contribution in [3.63, 3.8) is 0 Å². The molecule has 0 radical (unpaired) electrons. The molecule has 0 saturated heterocycles. The Bertz CT molecular complexity index is 1150. The van der Waals surface area contributed by atoms with Crippen molar-refractivity contribution in [3.8, 4) is 0 Å². The number of benzene rings is 2. The summed E-state index contributed by atoms with van der Waals surface area (Å²) in [6, 6.07) is 10.9. The van der Waals surface area contributed by atoms with E-state index in [4.69, 9.17) is 9.47 Å². The third kappa shape index (κ3) is 5.62. The summed E-state index contributed by atoms with van der Waals surface area (Å²) in [6.45, 7) is 10.2. The van der Waals surface area contributed by atoms with Gasteiger partial charge in [0.25, 0.3) is 0 Å². The lowest BCUT2D eigenvalue weighted by atomic mass is 9.83. The summed E-state index contributed by atoms with van der Waals surface area (Å²) in [5, 5.41) is 5.68. The van der Waals surface area contributed by atoms with E-state index in [0.29, 0.717) is 27.9 Å². The van der Waals surface area contributed by atoms with Crippen molar-refractivity contribution >= 4 is 29.3 Å². The second-order valence-electron chi connectivity index (χ2n) is 9.92. The molecule has 1 amide bonds. The van der Waals surface area contributed by atoms with Crippen molar-refractivity contribution in [1.82, 2.24) is 5.32 Å². The molecule has 0 unspecified atom stereocenters. The molecule has 0 aliphatic heterocycles. The van der Waals surface area contributed by atoms with Gasteiger partial charge in [-0.3, -0.25) is 9.59 Å². The summed E-state index contributed by atoms with van der Waals surface area (Å²) < 4.78 is 10.5. The average molecular weight is 467 g/mol. The van der Waals surface area contributed by atoms with Crippen LogP contribution in [0.3, 0.4) is 0 Å². The van der Waals surface area contributed by atoms with Gasteiger partial charge in [0, 0.05) is 22.4 Å². The average Bonchev–Trinajstić information content (AvgIpc) is 2.74. The lowest BCUT2D eigenvalue weighted by Crippen LogP contribution is -2.45. The molecule has 0 fully saturated rings. The molecule has 180 valence electrons. The Labute approximate surface area is 199 Å². The number of carbonyl (C=O) groups is 4. The molecule has 1 aliphatic rings. The zero-order chi connectivity index (χ0) is 25.3. The third-order valence-corrected chi connectivity index (χ3v) is 5.09. The maximum Gasteiger partial charge on any atom is 0.408 e. The second kappa shape index (κ2) is 9.29. The van der Waals surface area contributed by atoms with Crippen LogP contribution in [0.4, 0.5) is 10.5 Å². The summed E-state index contributed by atoms with van der Waals surface area (Å²) in [5.74, 6) is -1.08. The quantitative estimate of drug-likeness (QED) is 0.526. The number of fused-ring (bicyclic) bond motifs is 2. The molecular weight excluding hydrogens is 436 g/mol. The molecule has 3 rings (SSSR count). The number of esters is 1. The standard InChI is InChI=1S/C26H30N2O6/c1-15(27-24(32)34-25(2,3)4)23(31)33-14-26(5,6)28-19-13-9-12-18-20(19)22(30)17-11-8-7-10-16(17)21(18)29/h7-13,15,28H,14H2,1-6H3,(H,27,32)/t15-/m0/s1. The molecular formula is C26H30N2O6. The summed E-state index contributed by atoms with van der Waals surface area (Å²) in [4.78, 5) is 50.4. The summed E-state index contributed by atoms with van der Waals surface area (Å²) >= 11 is 0. The highest BCUT2D eigenvalue weighted by molar-refractivity contribution is 6.30.